The Bertz CT molecular complexity index is 399. The Kier molecular flexibility index (Phi) is 3.65. The number of amides is 1. The lowest BCUT2D eigenvalue weighted by atomic mass is 10.1. The smallest absolute Gasteiger partial charge is 0.308 e. The molecule has 0 saturated carbocycles. The van der Waals surface area contributed by atoms with Crippen molar-refractivity contribution in [2.24, 2.45) is 5.92 Å². The highest BCUT2D eigenvalue weighted by molar-refractivity contribution is 5.92. The molecule has 0 radical (unpaired) electrons. The summed E-state index contributed by atoms with van der Waals surface area (Å²) < 4.78 is 4.94. The molecule has 1 aromatic heterocycles. The van der Waals surface area contributed by atoms with Crippen molar-refractivity contribution in [1.82, 2.24) is 9.88 Å². The van der Waals surface area contributed by atoms with Crippen molar-refractivity contribution >= 4 is 11.9 Å². The van der Waals surface area contributed by atoms with Crippen molar-refractivity contribution < 1.29 is 19.1 Å². The number of carbonyl (C=O) groups excluding carboxylic acids is 1. The first-order chi connectivity index (χ1) is 7.43. The fourth-order valence-corrected chi connectivity index (χ4v) is 1.25. The molecule has 1 rings (SSSR count). The van der Waals surface area contributed by atoms with Crippen LogP contribution < -0.4 is 0 Å². The molecule has 6 heteroatoms. The number of nitrogens with zero attached hydrogens (tertiary/aromatic N) is 2. The van der Waals surface area contributed by atoms with Gasteiger partial charge >= 0.3 is 5.97 Å². The number of rotatable bonds is 4. The third kappa shape index (κ3) is 2.59. The van der Waals surface area contributed by atoms with Crippen LogP contribution in [0.5, 0.6) is 0 Å². The lowest BCUT2D eigenvalue weighted by molar-refractivity contribution is -0.141. The van der Waals surface area contributed by atoms with Crippen LogP contribution in [-0.2, 0) is 4.79 Å². The fraction of sp³-hybridized carbons (Fsp3) is 0.500. The van der Waals surface area contributed by atoms with Crippen LogP contribution in [0.4, 0.5) is 0 Å². The Morgan fingerprint density at radius 3 is 2.69 bits per heavy atom. The molecule has 0 spiro atoms. The average molecular weight is 226 g/mol. The zero-order chi connectivity index (χ0) is 12.3. The highest BCUT2D eigenvalue weighted by Crippen LogP contribution is 2.09. The van der Waals surface area contributed by atoms with Crippen molar-refractivity contribution in [1.29, 1.82) is 0 Å². The molecule has 0 aliphatic heterocycles. The molecular formula is C10H14N2O4. The van der Waals surface area contributed by atoms with Gasteiger partial charge in [-0.3, -0.25) is 9.59 Å². The van der Waals surface area contributed by atoms with E-state index in [2.05, 4.69) is 4.98 Å². The topological polar surface area (TPSA) is 83.6 Å². The summed E-state index contributed by atoms with van der Waals surface area (Å²) >= 11 is 0. The van der Waals surface area contributed by atoms with Crippen LogP contribution in [0.1, 0.15) is 23.2 Å². The lowest BCUT2D eigenvalue weighted by Gasteiger charge is -2.18. The second-order valence-corrected chi connectivity index (χ2v) is 3.69. The maximum atomic E-state index is 11.8. The van der Waals surface area contributed by atoms with E-state index >= 15 is 0 Å². The number of hydrogen-bond donors (Lipinski definition) is 1. The molecule has 88 valence electrons. The maximum absolute atomic E-state index is 11.8. The molecule has 1 unspecified atom stereocenters. The molecule has 6 nitrogen and oxygen atoms in total. The summed E-state index contributed by atoms with van der Waals surface area (Å²) in [5, 5.41) is 8.72. The standard InChI is InChI=1S/C10H14N2O4/c1-6(10(14)15)4-12(3)9(13)8-7(2)11-5-16-8/h5-6H,4H2,1-3H3,(H,14,15). The molecule has 1 amide bonds. The second-order valence-electron chi connectivity index (χ2n) is 3.69. The molecule has 0 saturated heterocycles. The van der Waals surface area contributed by atoms with E-state index in [1.807, 2.05) is 0 Å². The van der Waals surface area contributed by atoms with Crippen molar-refractivity contribution in [2.75, 3.05) is 13.6 Å². The third-order valence-electron chi connectivity index (χ3n) is 2.26. The quantitative estimate of drug-likeness (QED) is 0.820. The highest BCUT2D eigenvalue weighted by atomic mass is 16.4. The van der Waals surface area contributed by atoms with Gasteiger partial charge in [0, 0.05) is 13.6 Å². The van der Waals surface area contributed by atoms with E-state index in [-0.39, 0.29) is 18.2 Å². The van der Waals surface area contributed by atoms with Crippen molar-refractivity contribution in [3.8, 4) is 0 Å². The minimum Gasteiger partial charge on any atom is -0.481 e. The van der Waals surface area contributed by atoms with Crippen molar-refractivity contribution in [3.63, 3.8) is 0 Å². The largest absolute Gasteiger partial charge is 0.481 e. The predicted octanol–water partition coefficient (Wildman–Crippen LogP) is 0.776. The van der Waals surface area contributed by atoms with Gasteiger partial charge in [-0.05, 0) is 6.92 Å². The van der Waals surface area contributed by atoms with Gasteiger partial charge in [0.1, 0.15) is 0 Å². The average Bonchev–Trinajstić information content (AvgIpc) is 2.62. The molecule has 0 bridgehead atoms. The molecule has 0 aliphatic carbocycles. The van der Waals surface area contributed by atoms with Crippen molar-refractivity contribution in [3.05, 3.63) is 17.8 Å². The zero-order valence-corrected chi connectivity index (χ0v) is 9.43. The summed E-state index contributed by atoms with van der Waals surface area (Å²) in [4.78, 5) is 27.5. The Hall–Kier alpha value is -1.85. The van der Waals surface area contributed by atoms with Gasteiger partial charge < -0.3 is 14.4 Å². The molecule has 0 aromatic carbocycles. The second kappa shape index (κ2) is 4.78. The van der Waals surface area contributed by atoms with E-state index < -0.39 is 11.9 Å². The van der Waals surface area contributed by atoms with Crippen LogP contribution >= 0.6 is 0 Å². The first kappa shape index (κ1) is 12.2. The molecule has 1 aromatic rings. The molecule has 1 atom stereocenters. The Labute approximate surface area is 92.9 Å². The van der Waals surface area contributed by atoms with E-state index in [1.165, 1.54) is 18.3 Å². The minimum atomic E-state index is -0.936. The Morgan fingerprint density at radius 1 is 1.62 bits per heavy atom. The number of oxazole rings is 1. The van der Waals surface area contributed by atoms with Gasteiger partial charge in [-0.2, -0.15) is 0 Å². The summed E-state index contributed by atoms with van der Waals surface area (Å²) in [6.07, 6.45) is 1.19. The van der Waals surface area contributed by atoms with E-state index in [9.17, 15) is 9.59 Å². The minimum absolute atomic E-state index is 0.133. The molecule has 16 heavy (non-hydrogen) atoms. The van der Waals surface area contributed by atoms with Gasteiger partial charge in [0.2, 0.25) is 5.76 Å². The number of aryl methyl sites for hydroxylation is 1. The van der Waals surface area contributed by atoms with E-state index in [4.69, 9.17) is 9.52 Å². The summed E-state index contributed by atoms with van der Waals surface area (Å²) in [6, 6.07) is 0. The number of hydrogen-bond acceptors (Lipinski definition) is 4. The van der Waals surface area contributed by atoms with Gasteiger partial charge in [0.25, 0.3) is 5.91 Å². The van der Waals surface area contributed by atoms with Gasteiger partial charge in [-0.25, -0.2) is 4.98 Å². The third-order valence-corrected chi connectivity index (χ3v) is 2.26. The molecule has 0 aliphatic rings. The Morgan fingerprint density at radius 2 is 2.25 bits per heavy atom. The molecule has 1 N–H and O–H groups in total. The summed E-state index contributed by atoms with van der Waals surface area (Å²) in [5.41, 5.74) is 0.500. The first-order valence-corrected chi connectivity index (χ1v) is 4.81. The normalized spacial score (nSPS) is 12.2. The SMILES string of the molecule is Cc1ncoc1C(=O)N(C)CC(C)C(=O)O. The van der Waals surface area contributed by atoms with Crippen LogP contribution in [0.25, 0.3) is 0 Å². The van der Waals surface area contributed by atoms with Crippen LogP contribution in [0, 0.1) is 12.8 Å². The van der Waals surface area contributed by atoms with Gasteiger partial charge in [-0.1, -0.05) is 6.92 Å². The number of carboxylic acid groups (broad SMARTS) is 1. The van der Waals surface area contributed by atoms with Crippen LogP contribution in [-0.4, -0.2) is 40.5 Å². The van der Waals surface area contributed by atoms with Crippen LogP contribution in [0.3, 0.4) is 0 Å². The van der Waals surface area contributed by atoms with Crippen LogP contribution in [0.2, 0.25) is 0 Å². The lowest BCUT2D eigenvalue weighted by Crippen LogP contribution is -2.33. The maximum Gasteiger partial charge on any atom is 0.308 e. The number of aliphatic carboxylic acids is 1. The summed E-state index contributed by atoms with van der Waals surface area (Å²) in [5.74, 6) is -1.76. The predicted molar refractivity (Wildman–Crippen MR) is 55.0 cm³/mol. The zero-order valence-electron chi connectivity index (χ0n) is 9.43. The highest BCUT2D eigenvalue weighted by Gasteiger charge is 2.22. The molecule has 1 heterocycles. The van der Waals surface area contributed by atoms with Gasteiger partial charge in [-0.15, -0.1) is 0 Å². The fourth-order valence-electron chi connectivity index (χ4n) is 1.25. The van der Waals surface area contributed by atoms with Crippen molar-refractivity contribution in [2.45, 2.75) is 13.8 Å². The van der Waals surface area contributed by atoms with Gasteiger partial charge in [0.05, 0.1) is 11.6 Å². The first-order valence-electron chi connectivity index (χ1n) is 4.81. The van der Waals surface area contributed by atoms with E-state index in [0.29, 0.717) is 5.69 Å². The van der Waals surface area contributed by atoms with E-state index in [1.54, 1.807) is 13.8 Å². The van der Waals surface area contributed by atoms with E-state index in [0.717, 1.165) is 0 Å². The summed E-state index contributed by atoms with van der Waals surface area (Å²) in [7, 11) is 1.53. The number of carbonyl (C=O) groups is 2. The van der Waals surface area contributed by atoms with Crippen LogP contribution in [0.15, 0.2) is 10.8 Å². The number of carboxylic acids is 1. The summed E-state index contributed by atoms with van der Waals surface area (Å²) in [6.45, 7) is 3.33. The monoisotopic (exact) mass is 226 g/mol. The molecule has 0 fully saturated rings. The number of aromatic nitrogens is 1. The Balaban J connectivity index is 2.69. The van der Waals surface area contributed by atoms with Gasteiger partial charge in [0.15, 0.2) is 6.39 Å². The molecular weight excluding hydrogens is 212 g/mol.